The van der Waals surface area contributed by atoms with Crippen molar-refractivity contribution in [1.29, 1.82) is 0 Å². The fourth-order valence-corrected chi connectivity index (χ4v) is 3.83. The minimum absolute atomic E-state index is 0.327. The lowest BCUT2D eigenvalue weighted by molar-refractivity contribution is 0.102. The third kappa shape index (κ3) is 3.64. The fraction of sp³-hybridized carbons (Fsp3) is 0.150. The number of benzene rings is 2. The van der Waals surface area contributed by atoms with Crippen molar-refractivity contribution in [2.75, 3.05) is 19.5 Å². The van der Waals surface area contributed by atoms with Gasteiger partial charge in [-0.15, -0.1) is 0 Å². The van der Waals surface area contributed by atoms with E-state index in [1.54, 1.807) is 30.3 Å². The van der Waals surface area contributed by atoms with Gasteiger partial charge in [-0.3, -0.25) is 4.79 Å². The standard InChI is InChI=1S/C20H17FN4O3S/c1-11-8-18(23-19(26)12-4-7-15(27-2)16(9-12)28-3)25(24-11)20-22-14-6-5-13(21)10-17(14)29-20/h4-10H,1-3H3,(H,23,26). The lowest BCUT2D eigenvalue weighted by Gasteiger charge is -2.10. The van der Waals surface area contributed by atoms with Crippen LogP contribution in [0.2, 0.25) is 0 Å². The summed E-state index contributed by atoms with van der Waals surface area (Å²) >= 11 is 1.29. The zero-order chi connectivity index (χ0) is 20.5. The van der Waals surface area contributed by atoms with E-state index in [-0.39, 0.29) is 11.7 Å². The molecule has 4 aromatic rings. The van der Waals surface area contributed by atoms with Gasteiger partial charge in [-0.1, -0.05) is 11.3 Å². The number of nitrogens with one attached hydrogen (secondary N) is 1. The molecular weight excluding hydrogens is 395 g/mol. The zero-order valence-electron chi connectivity index (χ0n) is 15.9. The zero-order valence-corrected chi connectivity index (χ0v) is 16.7. The van der Waals surface area contributed by atoms with Crippen molar-refractivity contribution in [3.8, 4) is 16.6 Å². The molecular formula is C20H17FN4O3S. The summed E-state index contributed by atoms with van der Waals surface area (Å²) in [6.45, 7) is 1.82. The minimum Gasteiger partial charge on any atom is -0.493 e. The van der Waals surface area contributed by atoms with Gasteiger partial charge in [0.25, 0.3) is 5.91 Å². The van der Waals surface area contributed by atoms with Gasteiger partial charge >= 0.3 is 0 Å². The van der Waals surface area contributed by atoms with Crippen molar-refractivity contribution < 1.29 is 18.7 Å². The highest BCUT2D eigenvalue weighted by molar-refractivity contribution is 7.20. The van der Waals surface area contributed by atoms with Crippen LogP contribution in [0.5, 0.6) is 11.5 Å². The molecule has 0 bridgehead atoms. The molecule has 4 rings (SSSR count). The number of nitrogens with zero attached hydrogens (tertiary/aromatic N) is 3. The van der Waals surface area contributed by atoms with Crippen molar-refractivity contribution in [1.82, 2.24) is 14.8 Å². The molecule has 1 amide bonds. The van der Waals surface area contributed by atoms with Gasteiger partial charge in [0, 0.05) is 11.6 Å². The molecule has 2 aromatic heterocycles. The van der Waals surface area contributed by atoms with Gasteiger partial charge in [-0.25, -0.2) is 9.37 Å². The van der Waals surface area contributed by atoms with Crippen molar-refractivity contribution in [2.45, 2.75) is 6.92 Å². The average molecular weight is 412 g/mol. The molecule has 0 radical (unpaired) electrons. The van der Waals surface area contributed by atoms with Crippen LogP contribution in [0.3, 0.4) is 0 Å². The Hall–Kier alpha value is -3.46. The predicted octanol–water partition coefficient (Wildman–Crippen LogP) is 4.20. The topological polar surface area (TPSA) is 78.3 Å². The van der Waals surface area contributed by atoms with Crippen LogP contribution >= 0.6 is 11.3 Å². The molecule has 29 heavy (non-hydrogen) atoms. The number of rotatable bonds is 5. The number of amides is 1. The Morgan fingerprint density at radius 3 is 2.66 bits per heavy atom. The highest BCUT2D eigenvalue weighted by Gasteiger charge is 2.17. The van der Waals surface area contributed by atoms with Crippen LogP contribution in [-0.4, -0.2) is 34.9 Å². The number of hydrogen-bond acceptors (Lipinski definition) is 6. The number of aromatic nitrogens is 3. The molecule has 0 fully saturated rings. The molecule has 9 heteroatoms. The van der Waals surface area contributed by atoms with E-state index in [1.807, 2.05) is 6.92 Å². The number of ether oxygens (including phenoxy) is 2. The Labute approximate surface area is 169 Å². The first-order valence-electron chi connectivity index (χ1n) is 8.65. The van der Waals surface area contributed by atoms with Crippen LogP contribution < -0.4 is 14.8 Å². The van der Waals surface area contributed by atoms with Crippen LogP contribution in [0.1, 0.15) is 16.1 Å². The summed E-state index contributed by atoms with van der Waals surface area (Å²) in [4.78, 5) is 17.3. The Morgan fingerprint density at radius 1 is 1.10 bits per heavy atom. The van der Waals surface area contributed by atoms with Crippen molar-refractivity contribution in [2.24, 2.45) is 0 Å². The van der Waals surface area contributed by atoms with Crippen LogP contribution in [0.4, 0.5) is 10.2 Å². The number of aryl methyl sites for hydroxylation is 1. The summed E-state index contributed by atoms with van der Waals surface area (Å²) in [6.07, 6.45) is 0. The van der Waals surface area contributed by atoms with Crippen LogP contribution in [-0.2, 0) is 0 Å². The van der Waals surface area contributed by atoms with E-state index in [2.05, 4.69) is 15.4 Å². The maximum Gasteiger partial charge on any atom is 0.256 e. The molecule has 0 spiro atoms. The quantitative estimate of drug-likeness (QED) is 0.532. The maximum atomic E-state index is 13.5. The molecule has 0 aliphatic rings. The first-order chi connectivity index (χ1) is 14.0. The Kier molecular flexibility index (Phi) is 4.89. The molecule has 0 aliphatic carbocycles. The second-order valence-corrected chi connectivity index (χ2v) is 7.22. The molecule has 1 N–H and O–H groups in total. The first-order valence-corrected chi connectivity index (χ1v) is 9.46. The van der Waals surface area contributed by atoms with E-state index in [9.17, 15) is 9.18 Å². The maximum absolute atomic E-state index is 13.5. The van der Waals surface area contributed by atoms with Gasteiger partial charge in [-0.2, -0.15) is 9.78 Å². The number of fused-ring (bicyclic) bond motifs is 1. The van der Waals surface area contributed by atoms with Crippen molar-refractivity contribution in [3.63, 3.8) is 0 Å². The summed E-state index contributed by atoms with van der Waals surface area (Å²) in [5.41, 5.74) is 1.77. The molecule has 0 atom stereocenters. The largest absolute Gasteiger partial charge is 0.493 e. The monoisotopic (exact) mass is 412 g/mol. The SMILES string of the molecule is COc1ccc(C(=O)Nc2cc(C)nn2-c2nc3ccc(F)cc3s2)cc1OC. The number of anilines is 1. The van der Waals surface area contributed by atoms with E-state index in [0.717, 1.165) is 0 Å². The number of methoxy groups -OCH3 is 2. The summed E-state index contributed by atoms with van der Waals surface area (Å²) in [7, 11) is 3.04. The van der Waals surface area contributed by atoms with E-state index in [0.29, 0.717) is 43.9 Å². The van der Waals surface area contributed by atoms with Crippen molar-refractivity contribution >= 4 is 33.3 Å². The number of thiazole rings is 1. The van der Waals surface area contributed by atoms with Gasteiger partial charge in [0.15, 0.2) is 11.5 Å². The minimum atomic E-state index is -0.334. The van der Waals surface area contributed by atoms with E-state index in [4.69, 9.17) is 9.47 Å². The molecule has 0 aliphatic heterocycles. The van der Waals surface area contributed by atoms with Crippen LogP contribution in [0.15, 0.2) is 42.5 Å². The van der Waals surface area contributed by atoms with Crippen molar-refractivity contribution in [3.05, 3.63) is 59.5 Å². The average Bonchev–Trinajstić information content (AvgIpc) is 3.29. The fourth-order valence-electron chi connectivity index (χ4n) is 2.88. The predicted molar refractivity (Wildman–Crippen MR) is 109 cm³/mol. The molecule has 2 heterocycles. The third-order valence-electron chi connectivity index (χ3n) is 4.24. The van der Waals surface area contributed by atoms with Gasteiger partial charge < -0.3 is 14.8 Å². The van der Waals surface area contributed by atoms with Gasteiger partial charge in [-0.05, 0) is 43.3 Å². The molecule has 0 saturated heterocycles. The van der Waals surface area contributed by atoms with E-state index < -0.39 is 0 Å². The highest BCUT2D eigenvalue weighted by atomic mass is 32.1. The van der Waals surface area contributed by atoms with Gasteiger partial charge in [0.1, 0.15) is 11.6 Å². The molecule has 148 valence electrons. The Bertz CT molecular complexity index is 1220. The lowest BCUT2D eigenvalue weighted by Crippen LogP contribution is -2.15. The summed E-state index contributed by atoms with van der Waals surface area (Å²) in [5, 5.41) is 7.80. The molecule has 0 unspecified atom stereocenters. The van der Waals surface area contributed by atoms with E-state index in [1.165, 1.54) is 42.4 Å². The highest BCUT2D eigenvalue weighted by Crippen LogP contribution is 2.30. The molecule has 2 aromatic carbocycles. The molecule has 7 nitrogen and oxygen atoms in total. The summed E-state index contributed by atoms with van der Waals surface area (Å²) in [6, 6.07) is 11.0. The molecule has 0 saturated carbocycles. The third-order valence-corrected chi connectivity index (χ3v) is 5.23. The number of carbonyl (C=O) groups excluding carboxylic acids is 1. The first kappa shape index (κ1) is 18.9. The Morgan fingerprint density at radius 2 is 1.90 bits per heavy atom. The van der Waals surface area contributed by atoms with Gasteiger partial charge in [0.2, 0.25) is 5.13 Å². The van der Waals surface area contributed by atoms with Gasteiger partial charge in [0.05, 0.1) is 30.1 Å². The summed E-state index contributed by atoms with van der Waals surface area (Å²) < 4.78 is 26.2. The lowest BCUT2D eigenvalue weighted by atomic mass is 10.2. The smallest absolute Gasteiger partial charge is 0.256 e. The summed E-state index contributed by atoms with van der Waals surface area (Å²) in [5.74, 6) is 0.789. The number of hydrogen-bond donors (Lipinski definition) is 1. The number of carbonyl (C=O) groups is 1. The Balaban J connectivity index is 1.67. The second-order valence-electron chi connectivity index (χ2n) is 6.22. The number of halogens is 1. The normalized spacial score (nSPS) is 10.9. The van der Waals surface area contributed by atoms with E-state index >= 15 is 0 Å². The second kappa shape index (κ2) is 7.51. The van der Waals surface area contributed by atoms with Crippen LogP contribution in [0, 0.1) is 12.7 Å². The van der Waals surface area contributed by atoms with Crippen LogP contribution in [0.25, 0.3) is 15.3 Å².